The monoisotopic (exact) mass is 508 g/mol. The second-order valence-electron chi connectivity index (χ2n) is 10.5. The van der Waals surface area contributed by atoms with Gasteiger partial charge in [-0.2, -0.15) is 0 Å². The van der Waals surface area contributed by atoms with Crippen LogP contribution in [0.25, 0.3) is 10.9 Å². The van der Waals surface area contributed by atoms with Crippen molar-refractivity contribution in [3.8, 4) is 5.75 Å². The summed E-state index contributed by atoms with van der Waals surface area (Å²) in [6.07, 6.45) is 2.32. The molecule has 0 aliphatic heterocycles. The van der Waals surface area contributed by atoms with Crippen LogP contribution in [0.2, 0.25) is 5.02 Å². The molecular weight excluding hydrogens is 476 g/mol. The Balaban J connectivity index is 1.82. The van der Waals surface area contributed by atoms with Crippen molar-refractivity contribution < 1.29 is 9.84 Å². The van der Waals surface area contributed by atoms with E-state index in [2.05, 4.69) is 54.6 Å². The van der Waals surface area contributed by atoms with Crippen LogP contribution in [0.5, 0.6) is 5.75 Å². The molecule has 4 aromatic rings. The van der Waals surface area contributed by atoms with Crippen molar-refractivity contribution in [3.05, 3.63) is 88.8 Å². The fourth-order valence-electron chi connectivity index (χ4n) is 4.04. The van der Waals surface area contributed by atoms with Gasteiger partial charge in [0.1, 0.15) is 12.4 Å². The van der Waals surface area contributed by atoms with Gasteiger partial charge < -0.3 is 14.4 Å². The minimum atomic E-state index is -0.850. The van der Waals surface area contributed by atoms with Gasteiger partial charge in [-0.25, -0.2) is 0 Å². The third-order valence-electron chi connectivity index (χ3n) is 5.47. The van der Waals surface area contributed by atoms with Crippen LogP contribution in [0, 0.1) is 0 Å². The summed E-state index contributed by atoms with van der Waals surface area (Å²) in [6, 6.07) is 20.1. The number of aromatic nitrogens is 2. The summed E-state index contributed by atoms with van der Waals surface area (Å²) in [5.41, 5.74) is 3.45. The third-order valence-corrected chi connectivity index (χ3v) is 6.99. The van der Waals surface area contributed by atoms with Crippen molar-refractivity contribution >= 4 is 34.3 Å². The second kappa shape index (κ2) is 10.3. The lowest BCUT2D eigenvalue weighted by atomic mass is 10.0. The Labute approximate surface area is 217 Å². The standard InChI is InChI=1S/C29H33ClN2O2S/c1-28(2,3)35-27-24-16-23(34-19-22-8-6-7-15-31-22)13-14-25(24)32(26(27)17-29(4,5)33)18-20-9-11-21(30)12-10-20/h6-16,33H,17-19H2,1-5H3. The Kier molecular flexibility index (Phi) is 7.51. The highest BCUT2D eigenvalue weighted by Gasteiger charge is 2.27. The van der Waals surface area contributed by atoms with Crippen molar-refractivity contribution in [2.45, 2.75) is 69.4 Å². The molecule has 4 nitrogen and oxygen atoms in total. The van der Waals surface area contributed by atoms with Crippen LogP contribution >= 0.6 is 23.4 Å². The summed E-state index contributed by atoms with van der Waals surface area (Å²) >= 11 is 7.97. The molecule has 0 fully saturated rings. The number of rotatable bonds is 8. The van der Waals surface area contributed by atoms with Gasteiger partial charge in [-0.1, -0.05) is 50.6 Å². The van der Waals surface area contributed by atoms with Gasteiger partial charge in [-0.15, -0.1) is 11.8 Å². The number of ether oxygens (including phenoxy) is 1. The molecule has 2 aromatic heterocycles. The second-order valence-corrected chi connectivity index (χ2v) is 12.8. The Bertz CT molecular complexity index is 1290. The molecule has 2 aromatic carbocycles. The highest BCUT2D eigenvalue weighted by molar-refractivity contribution is 8.00. The van der Waals surface area contributed by atoms with Gasteiger partial charge in [0.2, 0.25) is 0 Å². The van der Waals surface area contributed by atoms with Crippen molar-refractivity contribution in [3.63, 3.8) is 0 Å². The lowest BCUT2D eigenvalue weighted by Crippen LogP contribution is -2.24. The van der Waals surface area contributed by atoms with Crippen LogP contribution in [0.4, 0.5) is 0 Å². The van der Waals surface area contributed by atoms with Gasteiger partial charge in [0, 0.05) is 50.4 Å². The zero-order chi connectivity index (χ0) is 25.2. The lowest BCUT2D eigenvalue weighted by Gasteiger charge is -2.23. The van der Waals surface area contributed by atoms with Crippen LogP contribution < -0.4 is 4.74 Å². The molecule has 0 saturated heterocycles. The van der Waals surface area contributed by atoms with Crippen LogP contribution in [-0.4, -0.2) is 25.0 Å². The highest BCUT2D eigenvalue weighted by atomic mass is 35.5. The highest BCUT2D eigenvalue weighted by Crippen LogP contribution is 2.43. The number of hydrogen-bond donors (Lipinski definition) is 1. The smallest absolute Gasteiger partial charge is 0.130 e. The number of nitrogens with zero attached hydrogens (tertiary/aromatic N) is 2. The van der Waals surface area contributed by atoms with Gasteiger partial charge in [-0.05, 0) is 61.9 Å². The van der Waals surface area contributed by atoms with Gasteiger partial charge in [-0.3, -0.25) is 4.98 Å². The molecule has 35 heavy (non-hydrogen) atoms. The van der Waals surface area contributed by atoms with Crippen LogP contribution in [0.3, 0.4) is 0 Å². The molecule has 0 radical (unpaired) electrons. The summed E-state index contributed by atoms with van der Waals surface area (Å²) in [7, 11) is 0. The summed E-state index contributed by atoms with van der Waals surface area (Å²) in [5, 5.41) is 12.7. The van der Waals surface area contributed by atoms with E-state index in [9.17, 15) is 5.11 Å². The molecule has 6 heteroatoms. The molecule has 1 N–H and O–H groups in total. The third kappa shape index (κ3) is 6.81. The van der Waals surface area contributed by atoms with Gasteiger partial charge in [0.05, 0.1) is 11.3 Å². The van der Waals surface area contributed by atoms with Crippen molar-refractivity contribution in [2.75, 3.05) is 0 Å². The van der Waals surface area contributed by atoms with E-state index in [1.54, 1.807) is 6.20 Å². The minimum Gasteiger partial charge on any atom is -0.487 e. The predicted molar refractivity (Wildman–Crippen MR) is 147 cm³/mol. The van der Waals surface area contributed by atoms with Crippen molar-refractivity contribution in [1.29, 1.82) is 0 Å². The van der Waals surface area contributed by atoms with E-state index in [0.717, 1.165) is 38.6 Å². The molecule has 0 saturated carbocycles. The molecular formula is C29H33ClN2O2S. The van der Waals surface area contributed by atoms with Crippen LogP contribution in [-0.2, 0) is 19.6 Å². The molecule has 0 unspecified atom stereocenters. The largest absolute Gasteiger partial charge is 0.487 e. The average Bonchev–Trinajstić information content (AvgIpc) is 3.04. The zero-order valence-corrected chi connectivity index (χ0v) is 22.6. The Morgan fingerprint density at radius 1 is 1.00 bits per heavy atom. The van der Waals surface area contributed by atoms with Crippen LogP contribution in [0.1, 0.15) is 51.6 Å². The Morgan fingerprint density at radius 3 is 2.37 bits per heavy atom. The molecule has 0 amide bonds. The molecule has 0 spiro atoms. The quantitative estimate of drug-likeness (QED) is 0.250. The fraction of sp³-hybridized carbons (Fsp3) is 0.345. The van der Waals surface area contributed by atoms with E-state index in [4.69, 9.17) is 16.3 Å². The average molecular weight is 509 g/mol. The summed E-state index contributed by atoms with van der Waals surface area (Å²) < 4.78 is 8.45. The number of thioether (sulfide) groups is 1. The van der Waals surface area contributed by atoms with Gasteiger partial charge in [0.25, 0.3) is 0 Å². The van der Waals surface area contributed by atoms with Gasteiger partial charge >= 0.3 is 0 Å². The number of aliphatic hydroxyl groups is 1. The predicted octanol–water partition coefficient (Wildman–Crippen LogP) is 7.52. The first-order valence-corrected chi connectivity index (χ1v) is 13.0. The maximum atomic E-state index is 10.8. The summed E-state index contributed by atoms with van der Waals surface area (Å²) in [5.74, 6) is 0.803. The summed E-state index contributed by atoms with van der Waals surface area (Å²) in [6.45, 7) is 11.5. The van der Waals surface area contributed by atoms with E-state index < -0.39 is 5.60 Å². The Morgan fingerprint density at radius 2 is 1.74 bits per heavy atom. The molecule has 184 valence electrons. The molecule has 4 rings (SSSR count). The first kappa shape index (κ1) is 25.6. The number of halogens is 1. The number of fused-ring (bicyclic) bond motifs is 1. The van der Waals surface area contributed by atoms with E-state index in [1.807, 2.05) is 62.0 Å². The lowest BCUT2D eigenvalue weighted by molar-refractivity contribution is 0.0785. The maximum absolute atomic E-state index is 10.8. The van der Waals surface area contributed by atoms with Gasteiger partial charge in [0.15, 0.2) is 0 Å². The van der Waals surface area contributed by atoms with Crippen molar-refractivity contribution in [2.24, 2.45) is 0 Å². The fourth-order valence-corrected chi connectivity index (χ4v) is 5.36. The van der Waals surface area contributed by atoms with E-state index in [-0.39, 0.29) is 4.75 Å². The number of hydrogen-bond acceptors (Lipinski definition) is 4. The number of benzene rings is 2. The summed E-state index contributed by atoms with van der Waals surface area (Å²) in [4.78, 5) is 5.55. The van der Waals surface area contributed by atoms with E-state index in [1.165, 1.54) is 4.90 Å². The maximum Gasteiger partial charge on any atom is 0.130 e. The molecule has 0 atom stereocenters. The molecule has 0 aliphatic rings. The van der Waals surface area contributed by atoms with E-state index in [0.29, 0.717) is 19.6 Å². The molecule has 2 heterocycles. The topological polar surface area (TPSA) is 47.3 Å². The van der Waals surface area contributed by atoms with Crippen molar-refractivity contribution in [1.82, 2.24) is 9.55 Å². The first-order chi connectivity index (χ1) is 16.5. The SMILES string of the molecule is CC(C)(O)Cc1c(SC(C)(C)C)c2cc(OCc3ccccn3)ccc2n1Cc1ccc(Cl)cc1. The Hall–Kier alpha value is -2.47. The normalized spacial score (nSPS) is 12.3. The van der Waals surface area contributed by atoms with Crippen LogP contribution in [0.15, 0.2) is 71.8 Å². The minimum absolute atomic E-state index is 0.00143. The first-order valence-electron chi connectivity index (χ1n) is 11.8. The zero-order valence-electron chi connectivity index (χ0n) is 21.0. The molecule has 0 bridgehead atoms. The number of pyridine rings is 1. The van der Waals surface area contributed by atoms with E-state index >= 15 is 0 Å². The molecule has 0 aliphatic carbocycles.